The maximum Gasteiger partial charge on any atom is 0.408 e. The fraction of sp³-hybridized carbons (Fsp3) is 0.516. The Morgan fingerprint density at radius 3 is 2.73 bits per heavy atom. The number of anilines is 2. The second kappa shape index (κ2) is 11.0. The van der Waals surface area contributed by atoms with Gasteiger partial charge in [-0.2, -0.15) is 0 Å². The van der Waals surface area contributed by atoms with Gasteiger partial charge >= 0.3 is 6.09 Å². The Kier molecular flexibility index (Phi) is 7.29. The quantitative estimate of drug-likeness (QED) is 0.381. The van der Waals surface area contributed by atoms with E-state index >= 15 is 0 Å². The van der Waals surface area contributed by atoms with Gasteiger partial charge in [-0.15, -0.1) is 0 Å². The molecule has 3 aromatic heterocycles. The van der Waals surface area contributed by atoms with Crippen LogP contribution in [0.25, 0.3) is 0 Å². The van der Waals surface area contributed by atoms with Crippen molar-refractivity contribution in [1.82, 2.24) is 25.3 Å². The van der Waals surface area contributed by atoms with Gasteiger partial charge in [0.15, 0.2) is 17.4 Å². The van der Waals surface area contributed by atoms with Gasteiger partial charge in [-0.05, 0) is 57.7 Å². The summed E-state index contributed by atoms with van der Waals surface area (Å²) in [5, 5.41) is 17.6. The number of ether oxygens (including phenoxy) is 3. The number of carbonyl (C=O) groups is 1. The van der Waals surface area contributed by atoms with Gasteiger partial charge in [0.25, 0.3) is 0 Å². The smallest absolute Gasteiger partial charge is 0.408 e. The van der Waals surface area contributed by atoms with Gasteiger partial charge in [-0.3, -0.25) is 4.98 Å². The number of pyridine rings is 2. The van der Waals surface area contributed by atoms with E-state index < -0.39 is 11.7 Å². The molecule has 7 rings (SSSR count). The van der Waals surface area contributed by atoms with E-state index in [0.717, 1.165) is 35.4 Å². The summed E-state index contributed by atoms with van der Waals surface area (Å²) >= 11 is 1.43. The first-order chi connectivity index (χ1) is 21.2. The van der Waals surface area contributed by atoms with Gasteiger partial charge in [-0.25, -0.2) is 19.7 Å². The molecule has 3 N–H and O–H groups in total. The molecule has 0 unspecified atom stereocenters. The number of hydrogen-bond donors (Lipinski definition) is 3. The summed E-state index contributed by atoms with van der Waals surface area (Å²) in [6.07, 6.45) is 7.29. The predicted molar refractivity (Wildman–Crippen MR) is 163 cm³/mol. The number of fused-ring (bicyclic) bond motifs is 2. The van der Waals surface area contributed by atoms with E-state index in [9.17, 15) is 9.90 Å². The van der Waals surface area contributed by atoms with Crippen LogP contribution in [-0.4, -0.2) is 75.2 Å². The number of aliphatic hydroxyl groups excluding tert-OH is 1. The van der Waals surface area contributed by atoms with Crippen LogP contribution in [0.15, 0.2) is 46.7 Å². The summed E-state index contributed by atoms with van der Waals surface area (Å²) in [4.78, 5) is 34.6. The van der Waals surface area contributed by atoms with Gasteiger partial charge in [-0.1, -0.05) is 17.8 Å². The van der Waals surface area contributed by atoms with Crippen molar-refractivity contribution < 1.29 is 24.1 Å². The van der Waals surface area contributed by atoms with Gasteiger partial charge in [0.05, 0.1) is 37.0 Å². The first-order valence-electron chi connectivity index (χ1n) is 15.0. The van der Waals surface area contributed by atoms with E-state index in [-0.39, 0.29) is 23.6 Å². The van der Waals surface area contributed by atoms with Gasteiger partial charge in [0.2, 0.25) is 0 Å². The molecule has 13 heteroatoms. The van der Waals surface area contributed by atoms with Crippen molar-refractivity contribution in [2.45, 2.75) is 73.7 Å². The van der Waals surface area contributed by atoms with Crippen LogP contribution in [0.3, 0.4) is 0 Å². The third-order valence-corrected chi connectivity index (χ3v) is 9.70. The number of aromatic nitrogens is 4. The number of nitrogens with one attached hydrogen (secondary N) is 2. The maximum absolute atomic E-state index is 12.9. The van der Waals surface area contributed by atoms with E-state index in [1.165, 1.54) is 11.8 Å². The average Bonchev–Trinajstić information content (AvgIpc) is 3.27. The summed E-state index contributed by atoms with van der Waals surface area (Å²) in [7, 11) is 0. The normalized spacial score (nSPS) is 21.1. The summed E-state index contributed by atoms with van der Waals surface area (Å²) < 4.78 is 17.1. The molecule has 0 radical (unpaired) electrons. The molecule has 0 saturated carbocycles. The molecule has 3 aliphatic heterocycles. The molecule has 12 nitrogen and oxygen atoms in total. The third kappa shape index (κ3) is 5.41. The predicted octanol–water partition coefficient (Wildman–Crippen LogP) is 3.89. The number of nitrogens with zero attached hydrogens (tertiary/aromatic N) is 5. The number of alkyl carbamates (subject to hydrolysis) is 1. The van der Waals surface area contributed by atoms with Crippen LogP contribution >= 0.6 is 11.8 Å². The number of amides is 1. The highest BCUT2D eigenvalue weighted by Gasteiger charge is 2.50. The zero-order valence-electron chi connectivity index (χ0n) is 25.1. The Labute approximate surface area is 260 Å². The third-order valence-electron chi connectivity index (χ3n) is 8.75. The highest BCUT2D eigenvalue weighted by molar-refractivity contribution is 7.99. The molecule has 44 heavy (non-hydrogen) atoms. The zero-order valence-corrected chi connectivity index (χ0v) is 25.9. The average molecular weight is 620 g/mol. The Balaban J connectivity index is 1.07. The first kappa shape index (κ1) is 29.1. The van der Waals surface area contributed by atoms with Crippen LogP contribution in [-0.2, 0) is 22.5 Å². The van der Waals surface area contributed by atoms with Crippen LogP contribution in [0.1, 0.15) is 56.6 Å². The van der Waals surface area contributed by atoms with Crippen LogP contribution in [0.2, 0.25) is 0 Å². The molecule has 1 amide bonds. The second-order valence-electron chi connectivity index (χ2n) is 13.1. The molecule has 1 atom stereocenters. The summed E-state index contributed by atoms with van der Waals surface area (Å²) in [6.45, 7) is 8.48. The van der Waals surface area contributed by atoms with Gasteiger partial charge in [0, 0.05) is 36.6 Å². The molecule has 0 aromatic carbocycles. The molecule has 6 heterocycles. The van der Waals surface area contributed by atoms with E-state index in [2.05, 4.69) is 31.6 Å². The monoisotopic (exact) mass is 619 g/mol. The minimum Gasteiger partial charge on any atom is -0.486 e. The van der Waals surface area contributed by atoms with Gasteiger partial charge < -0.3 is 34.9 Å². The van der Waals surface area contributed by atoms with Crippen LogP contribution in [0.4, 0.5) is 16.4 Å². The van der Waals surface area contributed by atoms with Crippen molar-refractivity contribution in [3.63, 3.8) is 0 Å². The molecule has 4 aliphatic rings. The summed E-state index contributed by atoms with van der Waals surface area (Å²) in [6, 6.07) is 5.68. The van der Waals surface area contributed by atoms with Crippen molar-refractivity contribution in [2.75, 3.05) is 43.1 Å². The van der Waals surface area contributed by atoms with Crippen molar-refractivity contribution in [3.05, 3.63) is 53.7 Å². The molecule has 1 aliphatic carbocycles. The maximum atomic E-state index is 12.9. The minimum atomic E-state index is -0.588. The molecule has 2 spiro atoms. The Morgan fingerprint density at radius 2 is 2.00 bits per heavy atom. The van der Waals surface area contributed by atoms with Crippen LogP contribution in [0, 0.1) is 5.41 Å². The van der Waals surface area contributed by atoms with Crippen LogP contribution in [0.5, 0.6) is 5.75 Å². The van der Waals surface area contributed by atoms with Crippen molar-refractivity contribution in [2.24, 2.45) is 5.41 Å². The molecule has 232 valence electrons. The Bertz CT molecular complexity index is 1570. The van der Waals surface area contributed by atoms with Crippen molar-refractivity contribution in [1.29, 1.82) is 0 Å². The molecule has 3 aromatic rings. The zero-order chi connectivity index (χ0) is 30.5. The second-order valence-corrected chi connectivity index (χ2v) is 14.1. The number of rotatable bonds is 5. The fourth-order valence-corrected chi connectivity index (χ4v) is 7.45. The number of piperidine rings is 1. The van der Waals surface area contributed by atoms with Gasteiger partial charge in [0.1, 0.15) is 28.5 Å². The lowest BCUT2D eigenvalue weighted by Crippen LogP contribution is -2.61. The number of aliphatic hydroxyl groups is 1. The molecule has 2 saturated heterocycles. The minimum absolute atomic E-state index is 0.189. The van der Waals surface area contributed by atoms with Crippen LogP contribution < -0.4 is 20.3 Å². The number of carbonyl (C=O) groups excluding carboxylic acids is 1. The Morgan fingerprint density at radius 1 is 1.18 bits per heavy atom. The van der Waals surface area contributed by atoms with E-state index in [0.29, 0.717) is 61.0 Å². The van der Waals surface area contributed by atoms with E-state index in [1.807, 2.05) is 39.1 Å². The topological polar surface area (TPSA) is 144 Å². The lowest BCUT2D eigenvalue weighted by atomic mass is 9.73. The molecular weight excluding hydrogens is 582 g/mol. The molecular formula is C31H37N7O5S. The molecule has 0 bridgehead atoms. The largest absolute Gasteiger partial charge is 0.486 e. The first-order valence-corrected chi connectivity index (χ1v) is 15.8. The fourth-order valence-electron chi connectivity index (χ4n) is 6.59. The van der Waals surface area contributed by atoms with E-state index in [1.54, 1.807) is 12.4 Å². The Hall–Kier alpha value is -3.68. The van der Waals surface area contributed by atoms with Crippen molar-refractivity contribution in [3.8, 4) is 5.75 Å². The van der Waals surface area contributed by atoms with Crippen molar-refractivity contribution >= 4 is 29.5 Å². The lowest BCUT2D eigenvalue weighted by Gasteiger charge is -2.45. The summed E-state index contributed by atoms with van der Waals surface area (Å²) in [5.74, 6) is 2.07. The summed E-state index contributed by atoms with van der Waals surface area (Å²) in [5.41, 5.74) is 1.62. The lowest BCUT2D eigenvalue weighted by molar-refractivity contribution is -0.0652. The number of hydrogen-bond acceptors (Lipinski definition) is 12. The standard InChI is InChI=1S/C31H37N7O5S/c1-29(2,3)43-28(40)36-25-19-5-4-9-32-20(19)13-30(25)7-11-38(12-8-30)27-21(15-39)35-23(14-34-27)44-22-6-10-33-26-24(22)42-18-31(37-26)16-41-17-31/h4-6,9-10,14,25,39H,7-8,11-13,15-18H2,1-3H3,(H,33,37)(H,36,40)/t25-/m1/s1. The SMILES string of the molecule is CC(C)(C)OC(=O)N[C@@H]1c2cccnc2CC12CCN(c1ncc(Sc3ccnc4c3OCC3(COC3)N4)nc1CO)CC2. The van der Waals surface area contributed by atoms with E-state index in [4.69, 9.17) is 24.2 Å². The highest BCUT2D eigenvalue weighted by atomic mass is 32.2. The highest BCUT2D eigenvalue weighted by Crippen LogP contribution is 2.52. The molecule has 2 fully saturated rings.